The fraction of sp³-hybridized carbons (Fsp3) is 0.375. The molecule has 0 N–H and O–H groups in total. The number of benzene rings is 1. The predicted octanol–water partition coefficient (Wildman–Crippen LogP) is 3.33. The van der Waals surface area contributed by atoms with Crippen LogP contribution in [0.2, 0.25) is 0 Å². The number of Topliss-reactive ketones (excluding diaryl/α,β-unsaturated/α-hetero) is 1. The van der Waals surface area contributed by atoms with Gasteiger partial charge in [0.25, 0.3) is 0 Å². The van der Waals surface area contributed by atoms with Crippen LogP contribution in [-0.4, -0.2) is 15.6 Å². The summed E-state index contributed by atoms with van der Waals surface area (Å²) in [6.07, 6.45) is 2.36. The summed E-state index contributed by atoms with van der Waals surface area (Å²) in [6, 6.07) is 10.1. The van der Waals surface area contributed by atoms with E-state index in [0.29, 0.717) is 12.2 Å². The van der Waals surface area contributed by atoms with E-state index in [2.05, 4.69) is 33.2 Å². The molecule has 3 rings (SSSR count). The molecule has 1 saturated carbocycles. The number of hydrogen-bond donors (Lipinski definition) is 0. The van der Waals surface area contributed by atoms with Crippen LogP contribution in [0, 0.1) is 6.92 Å². The lowest BCUT2D eigenvalue weighted by molar-refractivity contribution is -0.120. The molecule has 0 spiro atoms. The Labute approximate surface area is 127 Å². The molecule has 0 atom stereocenters. The molecule has 0 saturated heterocycles. The summed E-state index contributed by atoms with van der Waals surface area (Å²) in [4.78, 5) is 12.7. The van der Waals surface area contributed by atoms with Gasteiger partial charge in [0.05, 0.1) is 27.7 Å². The van der Waals surface area contributed by atoms with E-state index in [1.807, 2.05) is 32.2 Å². The van der Waals surface area contributed by atoms with Crippen LogP contribution in [0.1, 0.15) is 29.8 Å². The zero-order chi connectivity index (χ0) is 14.3. The van der Waals surface area contributed by atoms with Gasteiger partial charge in [-0.1, -0.05) is 30.3 Å². The largest absolute Gasteiger partial charge is 0.298 e. The van der Waals surface area contributed by atoms with Crippen molar-refractivity contribution in [2.75, 3.05) is 0 Å². The van der Waals surface area contributed by atoms with Gasteiger partial charge in [0, 0.05) is 7.05 Å². The molecule has 104 valence electrons. The highest BCUT2D eigenvalue weighted by Gasteiger charge is 2.50. The van der Waals surface area contributed by atoms with Crippen molar-refractivity contribution >= 4 is 21.7 Å². The molecule has 1 fully saturated rings. The molecule has 0 radical (unpaired) electrons. The number of aromatic nitrogens is 2. The number of halogens is 1. The predicted molar refractivity (Wildman–Crippen MR) is 81.7 cm³/mol. The van der Waals surface area contributed by atoms with Gasteiger partial charge < -0.3 is 0 Å². The van der Waals surface area contributed by atoms with Gasteiger partial charge >= 0.3 is 0 Å². The molecule has 0 amide bonds. The molecule has 0 unspecified atom stereocenters. The van der Waals surface area contributed by atoms with Crippen LogP contribution in [0.15, 0.2) is 34.8 Å². The zero-order valence-corrected chi connectivity index (χ0v) is 13.3. The number of carbonyl (C=O) groups excluding carboxylic acids is 1. The lowest BCUT2D eigenvalue weighted by Crippen LogP contribution is -2.23. The second kappa shape index (κ2) is 4.85. The maximum atomic E-state index is 12.7. The van der Waals surface area contributed by atoms with Crippen molar-refractivity contribution in [1.29, 1.82) is 0 Å². The van der Waals surface area contributed by atoms with Crippen molar-refractivity contribution in [1.82, 2.24) is 9.78 Å². The smallest absolute Gasteiger partial charge is 0.149 e. The Morgan fingerprint density at radius 3 is 2.50 bits per heavy atom. The Morgan fingerprint density at radius 1 is 1.35 bits per heavy atom. The van der Waals surface area contributed by atoms with Crippen molar-refractivity contribution < 1.29 is 4.79 Å². The minimum Gasteiger partial charge on any atom is -0.298 e. The van der Waals surface area contributed by atoms with E-state index in [1.165, 1.54) is 0 Å². The van der Waals surface area contributed by atoms with Crippen molar-refractivity contribution in [3.63, 3.8) is 0 Å². The SMILES string of the molecule is Cc1nn(C)c(CC(=O)C2(c3ccccc3)CC2)c1Br. The molecule has 2 aromatic rings. The third-order valence-corrected chi connectivity index (χ3v) is 5.23. The molecule has 3 nitrogen and oxygen atoms in total. The Balaban J connectivity index is 1.87. The van der Waals surface area contributed by atoms with Crippen molar-refractivity contribution in [3.8, 4) is 0 Å². The topological polar surface area (TPSA) is 34.9 Å². The average molecular weight is 333 g/mol. The maximum Gasteiger partial charge on any atom is 0.149 e. The van der Waals surface area contributed by atoms with Gasteiger partial charge in [-0.2, -0.15) is 5.10 Å². The lowest BCUT2D eigenvalue weighted by Gasteiger charge is -2.14. The zero-order valence-electron chi connectivity index (χ0n) is 11.7. The molecule has 1 aliphatic carbocycles. The fourth-order valence-electron chi connectivity index (χ4n) is 2.80. The molecule has 1 heterocycles. The lowest BCUT2D eigenvalue weighted by atomic mass is 9.89. The molecular weight excluding hydrogens is 316 g/mol. The van der Waals surface area contributed by atoms with Crippen LogP contribution in [0.5, 0.6) is 0 Å². The number of nitrogens with zero attached hydrogens (tertiary/aromatic N) is 2. The quantitative estimate of drug-likeness (QED) is 0.860. The fourth-order valence-corrected chi connectivity index (χ4v) is 3.28. The minimum absolute atomic E-state index is 0.251. The first kappa shape index (κ1) is 13.6. The van der Waals surface area contributed by atoms with Gasteiger partial charge in [0.15, 0.2) is 0 Å². The normalized spacial score (nSPS) is 16.1. The summed E-state index contributed by atoms with van der Waals surface area (Å²) in [5.74, 6) is 0.299. The Kier molecular flexibility index (Phi) is 3.28. The highest BCUT2D eigenvalue weighted by atomic mass is 79.9. The first-order valence-corrected chi connectivity index (χ1v) is 7.61. The van der Waals surface area contributed by atoms with E-state index in [-0.39, 0.29) is 5.41 Å². The summed E-state index contributed by atoms with van der Waals surface area (Å²) in [5.41, 5.74) is 2.80. The summed E-state index contributed by atoms with van der Waals surface area (Å²) in [6.45, 7) is 1.95. The molecule has 1 aliphatic rings. The van der Waals surface area contributed by atoms with Crippen LogP contribution in [0.25, 0.3) is 0 Å². The molecule has 0 aliphatic heterocycles. The molecular formula is C16H17BrN2O. The first-order valence-electron chi connectivity index (χ1n) is 6.81. The van der Waals surface area contributed by atoms with Crippen LogP contribution in [-0.2, 0) is 23.7 Å². The summed E-state index contributed by atoms with van der Waals surface area (Å²) in [5, 5.41) is 4.36. The number of rotatable bonds is 4. The second-order valence-electron chi connectivity index (χ2n) is 5.52. The number of carbonyl (C=O) groups is 1. The maximum absolute atomic E-state index is 12.7. The third-order valence-electron chi connectivity index (χ3n) is 4.20. The molecule has 0 bridgehead atoms. The van der Waals surface area contributed by atoms with Crippen LogP contribution in [0.3, 0.4) is 0 Å². The Morgan fingerprint density at radius 2 is 2.00 bits per heavy atom. The average Bonchev–Trinajstić information content (AvgIpc) is 3.22. The van der Waals surface area contributed by atoms with E-state index in [9.17, 15) is 4.79 Å². The number of aryl methyl sites for hydroxylation is 2. The van der Waals surface area contributed by atoms with Crippen LogP contribution >= 0.6 is 15.9 Å². The van der Waals surface area contributed by atoms with Gasteiger partial charge in [-0.25, -0.2) is 0 Å². The van der Waals surface area contributed by atoms with Gasteiger partial charge in [0.2, 0.25) is 0 Å². The standard InChI is InChI=1S/C16H17BrN2O/c1-11-15(17)13(19(2)18-11)10-14(20)16(8-9-16)12-6-4-3-5-7-12/h3-7H,8-10H2,1-2H3. The third kappa shape index (κ3) is 2.12. The minimum atomic E-state index is -0.251. The van der Waals surface area contributed by atoms with Crippen LogP contribution < -0.4 is 0 Å². The highest BCUT2D eigenvalue weighted by molar-refractivity contribution is 9.10. The van der Waals surface area contributed by atoms with E-state index < -0.39 is 0 Å². The summed E-state index contributed by atoms with van der Waals surface area (Å²) < 4.78 is 2.76. The number of ketones is 1. The van der Waals surface area contributed by atoms with Gasteiger partial charge in [-0.05, 0) is 41.3 Å². The van der Waals surface area contributed by atoms with Crippen molar-refractivity contribution in [2.24, 2.45) is 7.05 Å². The Bertz CT molecular complexity index is 657. The number of hydrogen-bond acceptors (Lipinski definition) is 2. The Hall–Kier alpha value is -1.42. The van der Waals surface area contributed by atoms with E-state index in [4.69, 9.17) is 0 Å². The van der Waals surface area contributed by atoms with Crippen molar-refractivity contribution in [2.45, 2.75) is 31.6 Å². The van der Waals surface area contributed by atoms with Gasteiger partial charge in [-0.15, -0.1) is 0 Å². The second-order valence-corrected chi connectivity index (χ2v) is 6.31. The van der Waals surface area contributed by atoms with Gasteiger partial charge in [-0.3, -0.25) is 9.48 Å². The summed E-state index contributed by atoms with van der Waals surface area (Å²) in [7, 11) is 1.89. The molecule has 20 heavy (non-hydrogen) atoms. The highest BCUT2D eigenvalue weighted by Crippen LogP contribution is 2.49. The van der Waals surface area contributed by atoms with Crippen LogP contribution in [0.4, 0.5) is 0 Å². The van der Waals surface area contributed by atoms with E-state index >= 15 is 0 Å². The van der Waals surface area contributed by atoms with E-state index in [0.717, 1.165) is 34.3 Å². The summed E-state index contributed by atoms with van der Waals surface area (Å²) >= 11 is 3.54. The first-order chi connectivity index (χ1) is 9.54. The van der Waals surface area contributed by atoms with Gasteiger partial charge in [0.1, 0.15) is 5.78 Å². The molecule has 1 aromatic heterocycles. The molecule has 4 heteroatoms. The van der Waals surface area contributed by atoms with E-state index in [1.54, 1.807) is 4.68 Å². The monoisotopic (exact) mass is 332 g/mol. The molecule has 1 aromatic carbocycles. The van der Waals surface area contributed by atoms with Crippen molar-refractivity contribution in [3.05, 3.63) is 51.8 Å².